The van der Waals surface area contributed by atoms with Crippen LogP contribution in [0.3, 0.4) is 0 Å². The fraction of sp³-hybridized carbons (Fsp3) is 0.160. The van der Waals surface area contributed by atoms with Gasteiger partial charge in [-0.2, -0.15) is 0 Å². The van der Waals surface area contributed by atoms with Gasteiger partial charge in [0.2, 0.25) is 0 Å². The van der Waals surface area contributed by atoms with Crippen LogP contribution in [-0.4, -0.2) is 29.9 Å². The van der Waals surface area contributed by atoms with Crippen LogP contribution in [-0.2, 0) is 4.79 Å². The molecule has 0 saturated carbocycles. The molecule has 0 bridgehead atoms. The second kappa shape index (κ2) is 9.62. The van der Waals surface area contributed by atoms with E-state index in [1.807, 2.05) is 55.5 Å². The van der Waals surface area contributed by atoms with Gasteiger partial charge < -0.3 is 9.47 Å². The summed E-state index contributed by atoms with van der Waals surface area (Å²) >= 11 is 1.43. The molecule has 6 nitrogen and oxygen atoms in total. The van der Waals surface area contributed by atoms with Crippen molar-refractivity contribution in [2.45, 2.75) is 13.8 Å². The average molecular weight is 447 g/mol. The number of Topliss-reactive ketones (excluding diaryl/α,β-unsaturated/α-hetero) is 1. The number of ketones is 1. The summed E-state index contributed by atoms with van der Waals surface area (Å²) in [6.07, 6.45) is 0. The van der Waals surface area contributed by atoms with Crippen molar-refractivity contribution in [1.82, 2.24) is 4.98 Å². The van der Waals surface area contributed by atoms with Crippen molar-refractivity contribution in [2.75, 3.05) is 18.1 Å². The van der Waals surface area contributed by atoms with Crippen LogP contribution in [0, 0.1) is 0 Å². The Labute approximate surface area is 190 Å². The maximum Gasteiger partial charge on any atom is 0.271 e. The number of amides is 1. The Bertz CT molecular complexity index is 1220. The number of benzene rings is 3. The molecule has 0 aliphatic heterocycles. The van der Waals surface area contributed by atoms with E-state index in [4.69, 9.17) is 9.47 Å². The molecule has 0 unspecified atom stereocenters. The van der Waals surface area contributed by atoms with Crippen LogP contribution in [0.5, 0.6) is 11.5 Å². The third-order valence-electron chi connectivity index (χ3n) is 4.73. The van der Waals surface area contributed by atoms with E-state index in [0.29, 0.717) is 28.7 Å². The fourth-order valence-electron chi connectivity index (χ4n) is 3.19. The van der Waals surface area contributed by atoms with E-state index in [-0.39, 0.29) is 18.3 Å². The van der Waals surface area contributed by atoms with Gasteiger partial charge in [0.15, 0.2) is 17.5 Å². The van der Waals surface area contributed by atoms with E-state index in [1.54, 1.807) is 29.2 Å². The Hall–Kier alpha value is -3.71. The molecule has 1 amide bonds. The summed E-state index contributed by atoms with van der Waals surface area (Å²) in [4.78, 5) is 31.1. The van der Waals surface area contributed by atoms with Gasteiger partial charge in [-0.25, -0.2) is 4.98 Å². The van der Waals surface area contributed by atoms with E-state index >= 15 is 0 Å². The molecule has 0 aliphatic carbocycles. The van der Waals surface area contributed by atoms with Crippen molar-refractivity contribution in [3.05, 3.63) is 78.4 Å². The zero-order chi connectivity index (χ0) is 22.5. The molecule has 0 aliphatic rings. The molecule has 3 aromatic carbocycles. The lowest BCUT2D eigenvalue weighted by Crippen LogP contribution is -2.30. The number of fused-ring (bicyclic) bond motifs is 1. The van der Waals surface area contributed by atoms with Crippen LogP contribution in [0.1, 0.15) is 24.2 Å². The molecule has 1 aromatic heterocycles. The molecule has 1 heterocycles. The van der Waals surface area contributed by atoms with Crippen LogP contribution in [0.2, 0.25) is 0 Å². The Morgan fingerprint density at radius 1 is 0.938 bits per heavy atom. The minimum Gasteiger partial charge on any atom is -0.494 e. The molecule has 0 spiro atoms. The van der Waals surface area contributed by atoms with Crippen molar-refractivity contribution >= 4 is 44.1 Å². The van der Waals surface area contributed by atoms with E-state index in [1.165, 1.54) is 18.3 Å². The number of ether oxygens (including phenoxy) is 2. The number of hydrogen-bond acceptors (Lipinski definition) is 6. The standard InChI is InChI=1S/C25H22N2O4S/c1-3-30-20-13-11-19(12-14-20)27(25-26-22-9-4-5-10-23(22)32-25)24(29)16-31-21-8-6-7-18(15-21)17(2)28/h4-15H,3,16H2,1-2H3. The number of carbonyl (C=O) groups is 2. The van der Waals surface area contributed by atoms with E-state index in [9.17, 15) is 9.59 Å². The van der Waals surface area contributed by atoms with Crippen molar-refractivity contribution in [1.29, 1.82) is 0 Å². The van der Waals surface area contributed by atoms with Gasteiger partial charge in [0.05, 0.1) is 22.5 Å². The number of carbonyl (C=O) groups excluding carboxylic acids is 2. The lowest BCUT2D eigenvalue weighted by atomic mass is 10.1. The van der Waals surface area contributed by atoms with Crippen LogP contribution >= 0.6 is 11.3 Å². The van der Waals surface area contributed by atoms with E-state index in [2.05, 4.69) is 4.98 Å². The zero-order valence-corrected chi connectivity index (χ0v) is 18.6. The normalized spacial score (nSPS) is 10.7. The van der Waals surface area contributed by atoms with Gasteiger partial charge in [-0.05, 0) is 62.4 Å². The van der Waals surface area contributed by atoms with E-state index < -0.39 is 0 Å². The first-order chi connectivity index (χ1) is 15.5. The van der Waals surface area contributed by atoms with Crippen molar-refractivity contribution in [3.63, 3.8) is 0 Å². The number of nitrogens with zero attached hydrogens (tertiary/aromatic N) is 2. The second-order valence-electron chi connectivity index (χ2n) is 6.99. The molecule has 7 heteroatoms. The first-order valence-electron chi connectivity index (χ1n) is 10.2. The van der Waals surface area contributed by atoms with Gasteiger partial charge in [0.25, 0.3) is 5.91 Å². The van der Waals surface area contributed by atoms with Crippen molar-refractivity contribution in [2.24, 2.45) is 0 Å². The second-order valence-corrected chi connectivity index (χ2v) is 8.00. The highest BCUT2D eigenvalue weighted by Crippen LogP contribution is 2.34. The minimum atomic E-state index is -0.276. The summed E-state index contributed by atoms with van der Waals surface area (Å²) in [5.41, 5.74) is 2.02. The predicted molar refractivity (Wildman–Crippen MR) is 126 cm³/mol. The van der Waals surface area contributed by atoms with Crippen LogP contribution < -0.4 is 14.4 Å². The molecular formula is C25H22N2O4S. The van der Waals surface area contributed by atoms with Crippen LogP contribution in [0.15, 0.2) is 72.8 Å². The van der Waals surface area contributed by atoms with Gasteiger partial charge in [-0.15, -0.1) is 0 Å². The van der Waals surface area contributed by atoms with Gasteiger partial charge in [0.1, 0.15) is 11.5 Å². The molecule has 0 radical (unpaired) electrons. The summed E-state index contributed by atoms with van der Waals surface area (Å²) in [6.45, 7) is 3.77. The van der Waals surface area contributed by atoms with Gasteiger partial charge in [-0.1, -0.05) is 35.6 Å². The Balaban J connectivity index is 1.62. The lowest BCUT2D eigenvalue weighted by Gasteiger charge is -2.20. The molecule has 0 saturated heterocycles. The van der Waals surface area contributed by atoms with Gasteiger partial charge in [-0.3, -0.25) is 14.5 Å². The molecule has 4 aromatic rings. The Morgan fingerprint density at radius 2 is 1.72 bits per heavy atom. The predicted octanol–water partition coefficient (Wildman–Crippen LogP) is 5.64. The van der Waals surface area contributed by atoms with Crippen molar-refractivity contribution < 1.29 is 19.1 Å². The quantitative estimate of drug-likeness (QED) is 0.328. The molecule has 32 heavy (non-hydrogen) atoms. The zero-order valence-electron chi connectivity index (χ0n) is 17.8. The maximum absolute atomic E-state index is 13.3. The topological polar surface area (TPSA) is 68.7 Å². The summed E-state index contributed by atoms with van der Waals surface area (Å²) in [5, 5.41) is 0.557. The average Bonchev–Trinajstić information content (AvgIpc) is 3.23. The fourth-order valence-corrected chi connectivity index (χ4v) is 4.19. The number of hydrogen-bond donors (Lipinski definition) is 0. The highest BCUT2D eigenvalue weighted by atomic mass is 32.1. The summed E-state index contributed by atoms with van der Waals surface area (Å²) in [6, 6.07) is 21.8. The number of rotatable bonds is 8. The Morgan fingerprint density at radius 3 is 2.44 bits per heavy atom. The van der Waals surface area contributed by atoms with Crippen LogP contribution in [0.25, 0.3) is 10.2 Å². The maximum atomic E-state index is 13.3. The number of thiazole rings is 1. The summed E-state index contributed by atoms with van der Waals surface area (Å²) < 4.78 is 12.2. The molecule has 0 fully saturated rings. The monoisotopic (exact) mass is 446 g/mol. The SMILES string of the molecule is CCOc1ccc(N(C(=O)COc2cccc(C(C)=O)c2)c2nc3ccccc3s2)cc1. The molecule has 0 atom stereocenters. The van der Waals surface area contributed by atoms with Gasteiger partial charge >= 0.3 is 0 Å². The van der Waals surface area contributed by atoms with Crippen molar-refractivity contribution in [3.8, 4) is 11.5 Å². The number of para-hydroxylation sites is 1. The summed E-state index contributed by atoms with van der Waals surface area (Å²) in [5.74, 6) is 0.848. The minimum absolute atomic E-state index is 0.0627. The smallest absolute Gasteiger partial charge is 0.271 e. The first kappa shape index (κ1) is 21.5. The lowest BCUT2D eigenvalue weighted by molar-refractivity contribution is -0.119. The first-order valence-corrected chi connectivity index (χ1v) is 11.0. The number of anilines is 2. The third-order valence-corrected chi connectivity index (χ3v) is 5.75. The van der Waals surface area contributed by atoms with Gasteiger partial charge in [0, 0.05) is 5.56 Å². The highest BCUT2D eigenvalue weighted by Gasteiger charge is 2.22. The summed E-state index contributed by atoms with van der Waals surface area (Å²) in [7, 11) is 0. The molecule has 162 valence electrons. The number of aromatic nitrogens is 1. The molecule has 0 N–H and O–H groups in total. The highest BCUT2D eigenvalue weighted by molar-refractivity contribution is 7.22. The largest absolute Gasteiger partial charge is 0.494 e. The third kappa shape index (κ3) is 4.78. The van der Waals surface area contributed by atoms with E-state index in [0.717, 1.165) is 16.0 Å². The Kier molecular flexibility index (Phi) is 6.47. The van der Waals surface area contributed by atoms with Crippen LogP contribution in [0.4, 0.5) is 10.8 Å². The molecular weight excluding hydrogens is 424 g/mol. The molecule has 4 rings (SSSR count).